The molecule has 0 spiro atoms. The summed E-state index contributed by atoms with van der Waals surface area (Å²) in [5.41, 5.74) is 0.159. The maximum Gasteiger partial charge on any atom is 0.342 e. The number of benzene rings is 1. The van der Waals surface area contributed by atoms with Crippen molar-refractivity contribution in [1.29, 1.82) is 0 Å². The lowest BCUT2D eigenvalue weighted by atomic mass is 9.97. The first-order chi connectivity index (χ1) is 11.4. The van der Waals surface area contributed by atoms with Crippen molar-refractivity contribution in [2.45, 2.75) is 64.1 Å². The molecule has 6 nitrogen and oxygen atoms in total. The number of aliphatic hydroxyl groups excluding tert-OH is 1. The van der Waals surface area contributed by atoms with Crippen LogP contribution in [0, 0.1) is 0 Å². The fourth-order valence-corrected chi connectivity index (χ4v) is 3.01. The highest BCUT2D eigenvalue weighted by molar-refractivity contribution is 5.96. The monoisotopic (exact) mass is 336 g/mol. The van der Waals surface area contributed by atoms with Crippen LogP contribution in [0.5, 0.6) is 11.5 Å². The topological polar surface area (TPSA) is 104 Å². The highest BCUT2D eigenvalue weighted by Gasteiger charge is 2.24. The minimum absolute atomic E-state index is 0.0383. The van der Waals surface area contributed by atoms with Crippen LogP contribution in [0.1, 0.15) is 61.4 Å². The average molecular weight is 336 g/mol. The summed E-state index contributed by atoms with van der Waals surface area (Å²) in [4.78, 5) is 24.5. The molecule has 24 heavy (non-hydrogen) atoms. The van der Waals surface area contributed by atoms with E-state index in [0.29, 0.717) is 25.7 Å². The van der Waals surface area contributed by atoms with E-state index in [2.05, 4.69) is 0 Å². The van der Waals surface area contributed by atoms with Gasteiger partial charge in [0.05, 0.1) is 6.10 Å². The summed E-state index contributed by atoms with van der Waals surface area (Å²) >= 11 is 0. The number of phenolic OH excluding ortho intramolecular Hbond substituents is 2. The molecule has 1 aromatic rings. The first kappa shape index (κ1) is 18.3. The van der Waals surface area contributed by atoms with Gasteiger partial charge < -0.3 is 20.1 Å². The van der Waals surface area contributed by atoms with E-state index in [9.17, 15) is 24.9 Å². The van der Waals surface area contributed by atoms with Crippen LogP contribution in [0.3, 0.4) is 0 Å². The molecule has 0 fully saturated rings. The molecule has 132 valence electrons. The van der Waals surface area contributed by atoms with Gasteiger partial charge in [0.25, 0.3) is 0 Å². The number of cyclic esters (lactones) is 1. The first-order valence-electron chi connectivity index (χ1n) is 8.32. The number of hydrogen-bond donors (Lipinski definition) is 3. The normalized spacial score (nSPS) is 23.9. The summed E-state index contributed by atoms with van der Waals surface area (Å²) < 4.78 is 5.30. The quantitative estimate of drug-likeness (QED) is 0.629. The van der Waals surface area contributed by atoms with Gasteiger partial charge in [0.2, 0.25) is 0 Å². The maximum absolute atomic E-state index is 12.4. The van der Waals surface area contributed by atoms with Gasteiger partial charge in [-0.05, 0) is 31.4 Å². The molecule has 1 aromatic carbocycles. The lowest BCUT2D eigenvalue weighted by Gasteiger charge is -2.19. The van der Waals surface area contributed by atoms with Crippen LogP contribution in [0.25, 0.3) is 0 Å². The molecule has 0 bridgehead atoms. The summed E-state index contributed by atoms with van der Waals surface area (Å²) in [5.74, 6) is -1.45. The second-order valence-corrected chi connectivity index (χ2v) is 6.42. The molecule has 0 saturated heterocycles. The van der Waals surface area contributed by atoms with Gasteiger partial charge in [0.15, 0.2) is 0 Å². The lowest BCUT2D eigenvalue weighted by Crippen LogP contribution is -2.22. The number of fused-ring (bicyclic) bond motifs is 1. The minimum Gasteiger partial charge on any atom is -0.508 e. The largest absolute Gasteiger partial charge is 0.508 e. The van der Waals surface area contributed by atoms with E-state index in [1.54, 1.807) is 6.92 Å². The molecule has 3 N–H and O–H groups in total. The third kappa shape index (κ3) is 4.96. The van der Waals surface area contributed by atoms with Crippen molar-refractivity contribution in [2.24, 2.45) is 0 Å². The zero-order valence-corrected chi connectivity index (χ0v) is 13.8. The fourth-order valence-electron chi connectivity index (χ4n) is 3.01. The predicted octanol–water partition coefficient (Wildman–Crippen LogP) is 2.47. The Morgan fingerprint density at radius 1 is 1.12 bits per heavy atom. The Kier molecular flexibility index (Phi) is 6.20. The summed E-state index contributed by atoms with van der Waals surface area (Å²) in [6.07, 6.45) is 2.52. The number of hydrogen-bond acceptors (Lipinski definition) is 6. The Morgan fingerprint density at radius 2 is 1.88 bits per heavy atom. The molecule has 2 atom stereocenters. The Balaban J connectivity index is 2.32. The van der Waals surface area contributed by atoms with Crippen molar-refractivity contribution in [2.75, 3.05) is 0 Å². The van der Waals surface area contributed by atoms with Crippen molar-refractivity contribution in [3.05, 3.63) is 23.3 Å². The Labute approximate surface area is 141 Å². The molecular weight excluding hydrogens is 312 g/mol. The predicted molar refractivity (Wildman–Crippen MR) is 87.1 cm³/mol. The van der Waals surface area contributed by atoms with E-state index >= 15 is 0 Å². The number of aromatic hydroxyl groups is 2. The highest BCUT2D eigenvalue weighted by Crippen LogP contribution is 2.29. The number of ether oxygens (including phenoxy) is 1. The zero-order valence-electron chi connectivity index (χ0n) is 13.8. The molecule has 2 unspecified atom stereocenters. The number of carbonyl (C=O) groups excluding carboxylic acids is 2. The molecule has 1 heterocycles. The van der Waals surface area contributed by atoms with Crippen molar-refractivity contribution in [3.63, 3.8) is 0 Å². The van der Waals surface area contributed by atoms with E-state index in [1.165, 1.54) is 6.07 Å². The zero-order chi connectivity index (χ0) is 17.7. The van der Waals surface area contributed by atoms with Crippen LogP contribution in [-0.4, -0.2) is 39.3 Å². The van der Waals surface area contributed by atoms with Gasteiger partial charge in [0, 0.05) is 25.3 Å². The average Bonchev–Trinajstić information content (AvgIpc) is 2.44. The number of esters is 1. The third-order valence-electron chi connectivity index (χ3n) is 4.18. The lowest BCUT2D eigenvalue weighted by molar-refractivity contribution is -0.118. The Hall–Kier alpha value is -2.08. The Bertz CT molecular complexity index is 610. The highest BCUT2D eigenvalue weighted by atomic mass is 16.5. The van der Waals surface area contributed by atoms with Crippen molar-refractivity contribution in [3.8, 4) is 11.5 Å². The van der Waals surface area contributed by atoms with E-state index in [4.69, 9.17) is 4.74 Å². The fraction of sp³-hybridized carbons (Fsp3) is 0.556. The van der Waals surface area contributed by atoms with E-state index in [-0.39, 0.29) is 29.1 Å². The van der Waals surface area contributed by atoms with E-state index < -0.39 is 23.9 Å². The van der Waals surface area contributed by atoms with Crippen molar-refractivity contribution >= 4 is 11.8 Å². The smallest absolute Gasteiger partial charge is 0.342 e. The van der Waals surface area contributed by atoms with Crippen LogP contribution in [0.2, 0.25) is 0 Å². The number of phenols is 2. The maximum atomic E-state index is 12.4. The van der Waals surface area contributed by atoms with Crippen LogP contribution in [0.15, 0.2) is 12.1 Å². The van der Waals surface area contributed by atoms with Gasteiger partial charge >= 0.3 is 5.97 Å². The number of aliphatic hydroxyl groups is 1. The van der Waals surface area contributed by atoms with Gasteiger partial charge in [-0.2, -0.15) is 0 Å². The SMILES string of the molecule is CC1CC(O)CCCCCC(=O)Cc2cc(O)cc(O)c2C(=O)O1. The number of ketones is 1. The molecule has 0 amide bonds. The summed E-state index contributed by atoms with van der Waals surface area (Å²) in [7, 11) is 0. The minimum atomic E-state index is -0.757. The van der Waals surface area contributed by atoms with Crippen LogP contribution in [0.4, 0.5) is 0 Å². The standard InChI is InChI=1S/C18H24O6/c1-11-7-13(19)5-3-2-4-6-14(20)8-12-9-15(21)10-16(22)17(12)18(23)24-11/h9-11,13,19,21-22H,2-8H2,1H3. The molecule has 0 aromatic heterocycles. The molecule has 1 aliphatic heterocycles. The van der Waals surface area contributed by atoms with Crippen molar-refractivity contribution in [1.82, 2.24) is 0 Å². The molecule has 0 saturated carbocycles. The van der Waals surface area contributed by atoms with E-state index in [0.717, 1.165) is 18.9 Å². The van der Waals surface area contributed by atoms with E-state index in [1.807, 2.05) is 0 Å². The molecule has 0 radical (unpaired) electrons. The number of Topliss-reactive ketones (excluding diaryl/α,β-unsaturated/α-hetero) is 1. The summed E-state index contributed by atoms with van der Waals surface area (Å²) in [6.45, 7) is 1.68. The van der Waals surface area contributed by atoms with Crippen LogP contribution >= 0.6 is 0 Å². The Morgan fingerprint density at radius 3 is 2.62 bits per heavy atom. The molecule has 6 heteroatoms. The summed E-state index contributed by atoms with van der Waals surface area (Å²) in [5, 5.41) is 29.6. The number of carbonyl (C=O) groups is 2. The molecule has 2 rings (SSSR count). The van der Waals surface area contributed by atoms with Crippen LogP contribution in [-0.2, 0) is 16.0 Å². The van der Waals surface area contributed by atoms with Gasteiger partial charge in [-0.25, -0.2) is 4.79 Å². The second kappa shape index (κ2) is 8.15. The molecule has 1 aliphatic rings. The van der Waals surface area contributed by atoms with Gasteiger partial charge in [0.1, 0.15) is 28.9 Å². The van der Waals surface area contributed by atoms with Gasteiger partial charge in [-0.15, -0.1) is 0 Å². The first-order valence-corrected chi connectivity index (χ1v) is 8.32. The van der Waals surface area contributed by atoms with Crippen LogP contribution < -0.4 is 0 Å². The van der Waals surface area contributed by atoms with Crippen molar-refractivity contribution < 1.29 is 29.6 Å². The molecular formula is C18H24O6. The molecule has 0 aliphatic carbocycles. The van der Waals surface area contributed by atoms with Gasteiger partial charge in [-0.3, -0.25) is 4.79 Å². The summed E-state index contributed by atoms with van der Waals surface area (Å²) in [6, 6.07) is 2.35. The third-order valence-corrected chi connectivity index (χ3v) is 4.18. The second-order valence-electron chi connectivity index (χ2n) is 6.42. The number of rotatable bonds is 0. The van der Waals surface area contributed by atoms with Gasteiger partial charge in [-0.1, -0.05) is 12.8 Å².